The molecule has 2 N–H and O–H groups in total. The van der Waals surface area contributed by atoms with Crippen molar-refractivity contribution in [2.75, 3.05) is 0 Å². The molecule has 0 saturated carbocycles. The minimum atomic E-state index is -1.29. The molecule has 2 amide bonds. The number of carboxylic acid groups (broad SMARTS) is 1. The number of hydrogen-bond donors (Lipinski definition) is 2. The summed E-state index contributed by atoms with van der Waals surface area (Å²) < 4.78 is 5.62. The number of nitrogens with zero attached hydrogens (tertiary/aromatic N) is 1. The Bertz CT molecular complexity index is 1240. The molecule has 3 unspecified atom stereocenters. The van der Waals surface area contributed by atoms with Crippen LogP contribution in [0.1, 0.15) is 36.0 Å². The molecule has 0 bridgehead atoms. The van der Waals surface area contributed by atoms with E-state index in [-0.39, 0.29) is 10.9 Å². The number of ether oxygens (including phenoxy) is 1. The van der Waals surface area contributed by atoms with Gasteiger partial charge in [0.2, 0.25) is 5.91 Å². The van der Waals surface area contributed by atoms with Gasteiger partial charge in [0, 0.05) is 5.25 Å². The summed E-state index contributed by atoms with van der Waals surface area (Å²) in [5.41, 5.74) is 2.73. The van der Waals surface area contributed by atoms with E-state index >= 15 is 0 Å². The number of fused-ring (bicyclic) bond motifs is 2. The molecule has 1 fully saturated rings. The van der Waals surface area contributed by atoms with Gasteiger partial charge in [-0.15, -0.1) is 11.8 Å². The third-order valence-electron chi connectivity index (χ3n) is 6.49. The van der Waals surface area contributed by atoms with Crippen LogP contribution < -0.4 is 10.1 Å². The number of β-lactam (4-membered cyclic amide) rings is 1. The van der Waals surface area contributed by atoms with Crippen molar-refractivity contribution in [1.29, 1.82) is 0 Å². The lowest BCUT2D eigenvalue weighted by molar-refractivity contribution is -0.151. The summed E-state index contributed by atoms with van der Waals surface area (Å²) >= 11 is 1.38. The van der Waals surface area contributed by atoms with Crippen molar-refractivity contribution in [3.63, 3.8) is 0 Å². The number of benzene rings is 2. The second kappa shape index (κ2) is 9.22. The van der Waals surface area contributed by atoms with Gasteiger partial charge in [-0.2, -0.15) is 0 Å². The number of hydrogen-bond acceptors (Lipinski definition) is 6. The van der Waals surface area contributed by atoms with Crippen molar-refractivity contribution in [3.8, 4) is 5.75 Å². The van der Waals surface area contributed by atoms with Crippen molar-refractivity contribution in [1.82, 2.24) is 10.2 Å². The van der Waals surface area contributed by atoms with Crippen LogP contribution in [0.25, 0.3) is 0 Å². The quantitative estimate of drug-likeness (QED) is 0.276. The molecular weight excluding hydrogens is 468 g/mol. The maximum absolute atomic E-state index is 13.4. The summed E-state index contributed by atoms with van der Waals surface area (Å²) in [7, 11) is 0. The number of aliphatic carboxylic acids is 1. The zero-order valence-electron chi connectivity index (χ0n) is 19.0. The van der Waals surface area contributed by atoms with Crippen LogP contribution in [0.15, 0.2) is 60.3 Å². The fraction of sp³-hybridized carbons (Fsp3) is 0.308. The molecule has 180 valence electrons. The number of thioether (sulfide) groups is 1. The summed E-state index contributed by atoms with van der Waals surface area (Å²) in [4.78, 5) is 52.1. The highest BCUT2D eigenvalue weighted by Crippen LogP contribution is 2.41. The van der Waals surface area contributed by atoms with E-state index in [1.807, 2.05) is 19.1 Å². The SMILES string of the molecule is CC1C=C(C(=O)O)N2C(=O)C(NC(=O)C(C(=O)Oc3ccc4c(c3)CCC4)c3ccccc3)[C@@H]2S1. The molecular formula is C26H24N2O6S. The van der Waals surface area contributed by atoms with Crippen molar-refractivity contribution >= 4 is 35.5 Å². The number of carboxylic acids is 1. The lowest BCUT2D eigenvalue weighted by Gasteiger charge is -2.49. The smallest absolute Gasteiger partial charge is 0.352 e. The van der Waals surface area contributed by atoms with Crippen LogP contribution in [0, 0.1) is 0 Å². The Morgan fingerprint density at radius 1 is 1.11 bits per heavy atom. The average molecular weight is 493 g/mol. The van der Waals surface area contributed by atoms with Crippen LogP contribution >= 0.6 is 11.8 Å². The highest BCUT2D eigenvalue weighted by atomic mass is 32.2. The number of carbonyl (C=O) groups is 4. The molecule has 2 aliphatic heterocycles. The Hall–Kier alpha value is -3.59. The van der Waals surface area contributed by atoms with Gasteiger partial charge >= 0.3 is 11.9 Å². The number of amides is 2. The van der Waals surface area contributed by atoms with Gasteiger partial charge in [0.25, 0.3) is 5.91 Å². The van der Waals surface area contributed by atoms with E-state index in [0.29, 0.717) is 11.3 Å². The monoisotopic (exact) mass is 492 g/mol. The van der Waals surface area contributed by atoms with Crippen molar-refractivity contribution in [2.24, 2.45) is 0 Å². The van der Waals surface area contributed by atoms with E-state index in [4.69, 9.17) is 4.74 Å². The van der Waals surface area contributed by atoms with Gasteiger partial charge in [-0.1, -0.05) is 36.4 Å². The lowest BCUT2D eigenvalue weighted by atomic mass is 9.96. The first-order valence-electron chi connectivity index (χ1n) is 11.5. The van der Waals surface area contributed by atoms with Gasteiger partial charge in [0.15, 0.2) is 5.92 Å². The standard InChI is InChI=1S/C26H24N2O6S/c1-14-12-19(25(31)32)28-23(30)21(24(28)35-14)27-22(29)20(16-6-3-2-4-7-16)26(33)34-18-11-10-15-8-5-9-17(15)13-18/h2-4,6-7,10-14,20-21,24H,5,8-9H2,1H3,(H,27,29)(H,31,32)/t14?,20?,21?,24-/m0/s1. The van der Waals surface area contributed by atoms with Crippen molar-refractivity contribution < 1.29 is 29.0 Å². The molecule has 8 nitrogen and oxygen atoms in total. The third-order valence-corrected chi connectivity index (χ3v) is 7.81. The van der Waals surface area contributed by atoms with E-state index in [2.05, 4.69) is 5.32 Å². The van der Waals surface area contributed by atoms with Crippen LogP contribution in [-0.4, -0.2) is 50.4 Å². The maximum atomic E-state index is 13.4. The van der Waals surface area contributed by atoms with Gasteiger partial charge in [-0.25, -0.2) is 4.79 Å². The summed E-state index contributed by atoms with van der Waals surface area (Å²) in [6, 6.07) is 13.1. The third kappa shape index (κ3) is 4.32. The Morgan fingerprint density at radius 3 is 2.60 bits per heavy atom. The van der Waals surface area contributed by atoms with Gasteiger partial charge < -0.3 is 15.2 Å². The van der Waals surface area contributed by atoms with Crippen LogP contribution in [0.5, 0.6) is 5.75 Å². The van der Waals surface area contributed by atoms with Crippen LogP contribution in [0.4, 0.5) is 0 Å². The number of nitrogens with one attached hydrogen (secondary N) is 1. The summed E-state index contributed by atoms with van der Waals surface area (Å²) in [6.07, 6.45) is 4.50. The van der Waals surface area contributed by atoms with Crippen LogP contribution in [0.3, 0.4) is 0 Å². The molecule has 35 heavy (non-hydrogen) atoms. The summed E-state index contributed by atoms with van der Waals surface area (Å²) in [6.45, 7) is 1.83. The molecule has 0 aromatic heterocycles. The Kier molecular flexibility index (Phi) is 6.10. The number of esters is 1. The van der Waals surface area contributed by atoms with Gasteiger partial charge in [0.05, 0.1) is 0 Å². The van der Waals surface area contributed by atoms with Crippen LogP contribution in [-0.2, 0) is 32.0 Å². The molecule has 9 heteroatoms. The normalized spacial score (nSPS) is 23.3. The summed E-state index contributed by atoms with van der Waals surface area (Å²) in [5, 5.41) is 11.4. The van der Waals surface area contributed by atoms with Crippen molar-refractivity contribution in [2.45, 2.75) is 48.8 Å². The Balaban J connectivity index is 1.36. The first-order valence-corrected chi connectivity index (χ1v) is 12.4. The van der Waals surface area contributed by atoms with Crippen molar-refractivity contribution in [3.05, 3.63) is 77.0 Å². The van der Waals surface area contributed by atoms with E-state index < -0.39 is 41.1 Å². The molecule has 2 aromatic rings. The van der Waals surface area contributed by atoms with Gasteiger partial charge in [-0.3, -0.25) is 19.3 Å². The molecule has 5 rings (SSSR count). The highest BCUT2D eigenvalue weighted by molar-refractivity contribution is 8.00. The molecule has 2 heterocycles. The molecule has 1 aliphatic carbocycles. The molecule has 0 spiro atoms. The summed E-state index contributed by atoms with van der Waals surface area (Å²) in [5.74, 6) is -4.03. The zero-order chi connectivity index (χ0) is 24.7. The number of aryl methyl sites for hydroxylation is 2. The van der Waals surface area contributed by atoms with Gasteiger partial charge in [0.1, 0.15) is 22.9 Å². The second-order valence-corrected chi connectivity index (χ2v) is 10.3. The number of carbonyl (C=O) groups excluding carboxylic acids is 3. The maximum Gasteiger partial charge on any atom is 0.352 e. The predicted octanol–water partition coefficient (Wildman–Crippen LogP) is 2.62. The fourth-order valence-electron chi connectivity index (χ4n) is 4.79. The Morgan fingerprint density at radius 2 is 1.86 bits per heavy atom. The van der Waals surface area contributed by atoms with E-state index in [0.717, 1.165) is 24.8 Å². The number of rotatable bonds is 6. The first-order chi connectivity index (χ1) is 16.8. The molecule has 3 aliphatic rings. The first kappa shape index (κ1) is 23.2. The van der Waals surface area contributed by atoms with Crippen LogP contribution in [0.2, 0.25) is 0 Å². The second-order valence-electron chi connectivity index (χ2n) is 8.83. The molecule has 0 radical (unpaired) electrons. The molecule has 4 atom stereocenters. The molecule has 2 aromatic carbocycles. The Labute approximate surface area is 206 Å². The largest absolute Gasteiger partial charge is 0.477 e. The zero-order valence-corrected chi connectivity index (χ0v) is 19.8. The minimum absolute atomic E-state index is 0.0904. The van der Waals surface area contributed by atoms with Gasteiger partial charge in [-0.05, 0) is 61.1 Å². The topological polar surface area (TPSA) is 113 Å². The van der Waals surface area contributed by atoms with E-state index in [1.54, 1.807) is 36.4 Å². The van der Waals surface area contributed by atoms with E-state index in [1.165, 1.54) is 28.3 Å². The fourth-order valence-corrected chi connectivity index (χ4v) is 6.12. The highest BCUT2D eigenvalue weighted by Gasteiger charge is 2.54. The van der Waals surface area contributed by atoms with E-state index in [9.17, 15) is 24.3 Å². The lowest BCUT2D eigenvalue weighted by Crippen LogP contribution is -2.71. The predicted molar refractivity (Wildman–Crippen MR) is 129 cm³/mol. The average Bonchev–Trinajstić information content (AvgIpc) is 3.30. The minimum Gasteiger partial charge on any atom is -0.477 e. The molecule has 1 saturated heterocycles.